The van der Waals surface area contributed by atoms with Crippen molar-refractivity contribution in [3.05, 3.63) is 53.3 Å². The molecule has 0 bridgehead atoms. The number of aryl methyl sites for hydroxylation is 1. The van der Waals surface area contributed by atoms with Gasteiger partial charge in [-0.3, -0.25) is 9.78 Å². The fourth-order valence-corrected chi connectivity index (χ4v) is 1.84. The topological polar surface area (TPSA) is 48.4 Å². The summed E-state index contributed by atoms with van der Waals surface area (Å²) in [4.78, 5) is 16.5. The molecule has 0 radical (unpaired) electrons. The van der Waals surface area contributed by atoms with E-state index in [0.29, 0.717) is 17.1 Å². The van der Waals surface area contributed by atoms with Crippen LogP contribution in [0.5, 0.6) is 11.5 Å². The van der Waals surface area contributed by atoms with Gasteiger partial charge in [-0.15, -0.1) is 0 Å². The predicted octanol–water partition coefficient (Wildman–Crippen LogP) is 2.83. The molecule has 20 heavy (non-hydrogen) atoms. The molecule has 104 valence electrons. The van der Waals surface area contributed by atoms with Gasteiger partial charge >= 0.3 is 0 Å². The van der Waals surface area contributed by atoms with E-state index in [-0.39, 0.29) is 12.2 Å². The molecule has 0 aliphatic carbocycles. The number of carbonyl (C=O) groups excluding carboxylic acids is 1. The highest BCUT2D eigenvalue weighted by atomic mass is 16.5. The maximum atomic E-state index is 12.3. The minimum Gasteiger partial charge on any atom is -0.497 e. The van der Waals surface area contributed by atoms with Gasteiger partial charge < -0.3 is 9.47 Å². The van der Waals surface area contributed by atoms with Crippen LogP contribution in [0.4, 0.5) is 0 Å². The van der Waals surface area contributed by atoms with Gasteiger partial charge in [0.1, 0.15) is 11.5 Å². The quantitative estimate of drug-likeness (QED) is 0.785. The highest BCUT2D eigenvalue weighted by molar-refractivity contribution is 5.98. The molecule has 2 rings (SSSR count). The lowest BCUT2D eigenvalue weighted by atomic mass is 10.1. The number of rotatable bonds is 5. The fraction of sp³-hybridized carbons (Fsp3) is 0.250. The van der Waals surface area contributed by atoms with Gasteiger partial charge in [-0.2, -0.15) is 0 Å². The van der Waals surface area contributed by atoms with Crippen molar-refractivity contribution in [1.82, 2.24) is 4.98 Å². The summed E-state index contributed by atoms with van der Waals surface area (Å²) in [6, 6.07) is 8.96. The minimum absolute atomic E-state index is 0.0152. The second kappa shape index (κ2) is 6.19. The average molecular weight is 271 g/mol. The number of carbonyl (C=O) groups is 1. The van der Waals surface area contributed by atoms with E-state index in [9.17, 15) is 4.79 Å². The Bertz CT molecular complexity index is 583. The largest absolute Gasteiger partial charge is 0.497 e. The van der Waals surface area contributed by atoms with E-state index >= 15 is 0 Å². The molecule has 0 saturated heterocycles. The Morgan fingerprint density at radius 1 is 1.10 bits per heavy atom. The van der Waals surface area contributed by atoms with Crippen LogP contribution in [0, 0.1) is 6.92 Å². The number of ketones is 1. The van der Waals surface area contributed by atoms with Crippen LogP contribution in [-0.2, 0) is 6.42 Å². The predicted molar refractivity (Wildman–Crippen MR) is 76.6 cm³/mol. The number of methoxy groups -OCH3 is 2. The molecule has 0 aliphatic heterocycles. The smallest absolute Gasteiger partial charge is 0.169 e. The first-order valence-corrected chi connectivity index (χ1v) is 6.30. The molecule has 0 fully saturated rings. The van der Waals surface area contributed by atoms with Crippen LogP contribution in [0.1, 0.15) is 21.6 Å². The maximum absolute atomic E-state index is 12.3. The fourth-order valence-electron chi connectivity index (χ4n) is 1.84. The zero-order valence-corrected chi connectivity index (χ0v) is 11.8. The molecule has 0 N–H and O–H groups in total. The average Bonchev–Trinajstić information content (AvgIpc) is 2.48. The zero-order valence-electron chi connectivity index (χ0n) is 11.8. The molecule has 0 amide bonds. The van der Waals surface area contributed by atoms with Gasteiger partial charge in [0.05, 0.1) is 20.6 Å². The Balaban J connectivity index is 2.22. The van der Waals surface area contributed by atoms with Crippen LogP contribution in [0.15, 0.2) is 36.5 Å². The number of hydrogen-bond donors (Lipinski definition) is 0. The SMILES string of the molecule is COc1cc(OC)cc(C(=O)Cc2ccc(C)cn2)c1. The minimum atomic E-state index is -0.0152. The molecule has 0 unspecified atom stereocenters. The highest BCUT2D eigenvalue weighted by Gasteiger charge is 2.11. The van der Waals surface area contributed by atoms with Crippen LogP contribution < -0.4 is 9.47 Å². The standard InChI is InChI=1S/C16H17NO3/c1-11-4-5-13(17-10-11)8-16(18)12-6-14(19-2)9-15(7-12)20-3/h4-7,9-10H,8H2,1-3H3. The summed E-state index contributed by atoms with van der Waals surface area (Å²) < 4.78 is 10.3. The number of pyridine rings is 1. The maximum Gasteiger partial charge on any atom is 0.169 e. The summed E-state index contributed by atoms with van der Waals surface area (Å²) in [6.07, 6.45) is 2.02. The summed E-state index contributed by atoms with van der Waals surface area (Å²) >= 11 is 0. The Morgan fingerprint density at radius 3 is 2.25 bits per heavy atom. The molecule has 4 nitrogen and oxygen atoms in total. The summed E-state index contributed by atoms with van der Waals surface area (Å²) in [7, 11) is 3.12. The molecule has 2 aromatic rings. The van der Waals surface area contributed by atoms with E-state index in [0.717, 1.165) is 11.3 Å². The number of Topliss-reactive ketones (excluding diaryl/α,β-unsaturated/α-hetero) is 1. The van der Waals surface area contributed by atoms with Gasteiger partial charge in [0.15, 0.2) is 5.78 Å². The Morgan fingerprint density at radius 2 is 1.75 bits per heavy atom. The van der Waals surface area contributed by atoms with Gasteiger partial charge in [-0.25, -0.2) is 0 Å². The Kier molecular flexibility index (Phi) is 4.35. The number of ether oxygens (including phenoxy) is 2. The first-order valence-electron chi connectivity index (χ1n) is 6.30. The van der Waals surface area contributed by atoms with Crippen molar-refractivity contribution in [1.29, 1.82) is 0 Å². The monoisotopic (exact) mass is 271 g/mol. The summed E-state index contributed by atoms with van der Waals surface area (Å²) in [5, 5.41) is 0. The highest BCUT2D eigenvalue weighted by Crippen LogP contribution is 2.23. The normalized spacial score (nSPS) is 10.2. The lowest BCUT2D eigenvalue weighted by molar-refractivity contribution is 0.0991. The molecular weight excluding hydrogens is 254 g/mol. The van der Waals surface area contributed by atoms with Crippen molar-refractivity contribution >= 4 is 5.78 Å². The van der Waals surface area contributed by atoms with Gasteiger partial charge in [-0.05, 0) is 30.7 Å². The van der Waals surface area contributed by atoms with Gasteiger partial charge in [0.2, 0.25) is 0 Å². The van der Waals surface area contributed by atoms with Crippen molar-refractivity contribution in [3.8, 4) is 11.5 Å². The Labute approximate surface area is 118 Å². The third-order valence-corrected chi connectivity index (χ3v) is 2.99. The van der Waals surface area contributed by atoms with E-state index < -0.39 is 0 Å². The zero-order chi connectivity index (χ0) is 14.5. The number of hydrogen-bond acceptors (Lipinski definition) is 4. The third kappa shape index (κ3) is 3.35. The van der Waals surface area contributed by atoms with Crippen LogP contribution in [-0.4, -0.2) is 25.0 Å². The van der Waals surface area contributed by atoms with Crippen LogP contribution in [0.2, 0.25) is 0 Å². The molecule has 1 aromatic carbocycles. The van der Waals surface area contributed by atoms with Crippen molar-refractivity contribution in [2.45, 2.75) is 13.3 Å². The van der Waals surface area contributed by atoms with Gasteiger partial charge in [-0.1, -0.05) is 6.07 Å². The molecule has 0 spiro atoms. The van der Waals surface area contributed by atoms with E-state index in [2.05, 4.69) is 4.98 Å². The van der Waals surface area contributed by atoms with Crippen molar-refractivity contribution in [2.75, 3.05) is 14.2 Å². The molecule has 1 aromatic heterocycles. The second-order valence-corrected chi connectivity index (χ2v) is 4.53. The van der Waals surface area contributed by atoms with E-state index in [4.69, 9.17) is 9.47 Å². The lowest BCUT2D eigenvalue weighted by Crippen LogP contribution is -2.06. The van der Waals surface area contributed by atoms with Crippen LogP contribution >= 0.6 is 0 Å². The molecule has 0 saturated carbocycles. The molecule has 1 heterocycles. The molecular formula is C16H17NO3. The van der Waals surface area contributed by atoms with Crippen molar-refractivity contribution in [2.24, 2.45) is 0 Å². The van der Waals surface area contributed by atoms with Crippen molar-refractivity contribution in [3.63, 3.8) is 0 Å². The summed E-state index contributed by atoms with van der Waals surface area (Å²) in [5.41, 5.74) is 2.38. The van der Waals surface area contributed by atoms with E-state index in [1.54, 1.807) is 38.6 Å². The first-order chi connectivity index (χ1) is 9.62. The van der Waals surface area contributed by atoms with E-state index in [1.807, 2.05) is 19.1 Å². The number of aromatic nitrogens is 1. The first kappa shape index (κ1) is 14.1. The summed E-state index contributed by atoms with van der Waals surface area (Å²) in [6.45, 7) is 1.96. The van der Waals surface area contributed by atoms with Gasteiger partial charge in [0, 0.05) is 23.5 Å². The van der Waals surface area contributed by atoms with Crippen molar-refractivity contribution < 1.29 is 14.3 Å². The van der Waals surface area contributed by atoms with Gasteiger partial charge in [0.25, 0.3) is 0 Å². The molecule has 0 aliphatic rings. The summed E-state index contributed by atoms with van der Waals surface area (Å²) in [5.74, 6) is 1.19. The van der Waals surface area contributed by atoms with Crippen LogP contribution in [0.25, 0.3) is 0 Å². The Hall–Kier alpha value is -2.36. The van der Waals surface area contributed by atoms with Crippen LogP contribution in [0.3, 0.4) is 0 Å². The van der Waals surface area contributed by atoms with E-state index in [1.165, 1.54) is 0 Å². The number of nitrogens with zero attached hydrogens (tertiary/aromatic N) is 1. The third-order valence-electron chi connectivity index (χ3n) is 2.99. The lowest BCUT2D eigenvalue weighted by Gasteiger charge is -2.08. The second-order valence-electron chi connectivity index (χ2n) is 4.53. The molecule has 0 atom stereocenters. The molecule has 4 heteroatoms. The number of benzene rings is 1.